The lowest BCUT2D eigenvalue weighted by Gasteiger charge is -2.27. The van der Waals surface area contributed by atoms with E-state index in [4.69, 9.17) is 20.4 Å². The highest BCUT2D eigenvalue weighted by atomic mass is 19.1. The second-order valence-electron chi connectivity index (χ2n) is 12.7. The first-order valence-corrected chi connectivity index (χ1v) is 15.2. The van der Waals surface area contributed by atoms with Crippen molar-refractivity contribution in [1.29, 1.82) is 0 Å². The fourth-order valence-corrected chi connectivity index (χ4v) is 7.43. The molecule has 2 unspecified atom stereocenters. The molecule has 43 heavy (non-hydrogen) atoms. The molecule has 2 bridgehead atoms. The van der Waals surface area contributed by atoms with E-state index in [1.54, 1.807) is 19.2 Å². The van der Waals surface area contributed by atoms with Crippen molar-refractivity contribution >= 4 is 33.7 Å². The van der Waals surface area contributed by atoms with Crippen molar-refractivity contribution in [3.05, 3.63) is 59.9 Å². The number of amides is 1. The van der Waals surface area contributed by atoms with Gasteiger partial charge in [-0.15, -0.1) is 0 Å². The number of ether oxygens (including phenoxy) is 1. The van der Waals surface area contributed by atoms with Crippen LogP contribution in [0, 0.1) is 23.6 Å². The number of methoxy groups -OCH3 is 1. The number of benzene rings is 2. The van der Waals surface area contributed by atoms with Crippen LogP contribution >= 0.6 is 0 Å². The summed E-state index contributed by atoms with van der Waals surface area (Å²) in [6.45, 7) is 3.93. The molecule has 0 radical (unpaired) electrons. The molecule has 1 saturated heterocycles. The van der Waals surface area contributed by atoms with E-state index in [0.29, 0.717) is 46.4 Å². The van der Waals surface area contributed by atoms with Crippen LogP contribution in [0.4, 0.5) is 10.1 Å². The van der Waals surface area contributed by atoms with Crippen LogP contribution in [-0.2, 0) is 13.6 Å². The molecule has 3 aromatic heterocycles. The average molecular weight is 579 g/mol. The second-order valence-corrected chi connectivity index (χ2v) is 12.7. The molecule has 2 N–H and O–H groups in total. The van der Waals surface area contributed by atoms with Gasteiger partial charge in [0.15, 0.2) is 5.82 Å². The highest BCUT2D eigenvalue weighted by molar-refractivity contribution is 6.00. The average Bonchev–Trinajstić information content (AvgIpc) is 3.42. The largest absolute Gasteiger partial charge is 0.494 e. The number of carbonyl (C=O) groups excluding carboxylic acids is 1. The number of nitrogens with zero attached hydrogens (tertiary/aromatic N) is 5. The molecule has 4 heterocycles. The first kappa shape index (κ1) is 26.2. The molecule has 5 aromatic rings. The van der Waals surface area contributed by atoms with Crippen molar-refractivity contribution in [2.75, 3.05) is 19.4 Å². The molecule has 2 aromatic carbocycles. The Morgan fingerprint density at radius 3 is 2.60 bits per heavy atom. The number of imidazole rings is 1. The van der Waals surface area contributed by atoms with Crippen molar-refractivity contribution in [1.82, 2.24) is 24.0 Å². The number of halogens is 1. The molecule has 3 fully saturated rings. The molecular weight excluding hydrogens is 543 g/mol. The van der Waals surface area contributed by atoms with E-state index in [-0.39, 0.29) is 11.6 Å². The van der Waals surface area contributed by atoms with Gasteiger partial charge in [-0.1, -0.05) is 13.0 Å². The maximum atomic E-state index is 14.3. The lowest BCUT2D eigenvalue weighted by atomic mass is 10.0. The molecule has 8 nitrogen and oxygen atoms in total. The Kier molecular flexibility index (Phi) is 5.83. The summed E-state index contributed by atoms with van der Waals surface area (Å²) >= 11 is 0. The normalized spacial score (nSPS) is 21.4. The zero-order valence-electron chi connectivity index (χ0n) is 24.7. The number of aromatic nitrogens is 4. The van der Waals surface area contributed by atoms with Crippen LogP contribution in [0.2, 0.25) is 0 Å². The van der Waals surface area contributed by atoms with Crippen LogP contribution in [0.1, 0.15) is 43.0 Å². The Labute approximate surface area is 249 Å². The van der Waals surface area contributed by atoms with E-state index in [0.717, 1.165) is 53.1 Å². The number of piperidine rings is 1. The smallest absolute Gasteiger partial charge is 0.254 e. The third-order valence-corrected chi connectivity index (χ3v) is 10.1. The van der Waals surface area contributed by atoms with E-state index in [9.17, 15) is 9.18 Å². The molecule has 1 aliphatic heterocycles. The van der Waals surface area contributed by atoms with Crippen LogP contribution in [0.25, 0.3) is 44.8 Å². The van der Waals surface area contributed by atoms with Gasteiger partial charge in [0.2, 0.25) is 0 Å². The predicted molar refractivity (Wildman–Crippen MR) is 165 cm³/mol. The van der Waals surface area contributed by atoms with Crippen LogP contribution in [0.15, 0.2) is 48.5 Å². The second kappa shape index (κ2) is 9.56. The Hall–Kier alpha value is -4.40. The maximum absolute atomic E-state index is 14.3. The van der Waals surface area contributed by atoms with Gasteiger partial charge >= 0.3 is 0 Å². The molecule has 2 saturated carbocycles. The van der Waals surface area contributed by atoms with E-state index in [2.05, 4.69) is 27.0 Å². The topological polar surface area (TPSA) is 91.2 Å². The molecule has 3 atom stereocenters. The van der Waals surface area contributed by atoms with E-state index < -0.39 is 5.82 Å². The first-order valence-electron chi connectivity index (χ1n) is 15.2. The number of rotatable bonds is 6. The quantitative estimate of drug-likeness (QED) is 0.240. The van der Waals surface area contributed by atoms with Gasteiger partial charge in [-0.05, 0) is 85.9 Å². The van der Waals surface area contributed by atoms with Crippen LogP contribution in [0.5, 0.6) is 5.75 Å². The van der Waals surface area contributed by atoms with Crippen molar-refractivity contribution < 1.29 is 13.9 Å². The maximum Gasteiger partial charge on any atom is 0.254 e. The summed E-state index contributed by atoms with van der Waals surface area (Å²) in [7, 11) is 3.64. The standard InChI is InChI=1S/C34H35FN6O2/c1-18-22-8-11-28(18)41(17-22)34(42)23-13-27-31(30(15-23)43-3)39(2)33(38-27)29-14-21-7-10-26(20-6-9-25(36)24(35)12-20)37-32(21)40(29)16-19-4-5-19/h6-7,9-10,12-15,18-19,22,28H,4-5,8,11,16-17,36H2,1-3H3/t18-,22?,28?/m1/s1. The number of hydrogen-bond acceptors (Lipinski definition) is 5. The van der Waals surface area contributed by atoms with Gasteiger partial charge in [-0.25, -0.2) is 14.4 Å². The number of hydrogen-bond donors (Lipinski definition) is 1. The molecule has 3 aliphatic rings. The van der Waals surface area contributed by atoms with Gasteiger partial charge in [0.05, 0.1) is 29.7 Å². The van der Waals surface area contributed by atoms with Gasteiger partial charge in [0, 0.05) is 42.7 Å². The number of carbonyl (C=O) groups is 1. The van der Waals surface area contributed by atoms with E-state index in [1.165, 1.54) is 25.3 Å². The monoisotopic (exact) mass is 578 g/mol. The van der Waals surface area contributed by atoms with Gasteiger partial charge in [0.25, 0.3) is 5.91 Å². The summed E-state index contributed by atoms with van der Waals surface area (Å²) in [4.78, 5) is 25.9. The zero-order valence-corrected chi connectivity index (χ0v) is 24.7. The molecule has 1 amide bonds. The van der Waals surface area contributed by atoms with Crippen LogP contribution < -0.4 is 10.5 Å². The number of nitrogens with two attached hydrogens (primary N) is 1. The number of likely N-dealkylation sites (tertiary alicyclic amines) is 1. The van der Waals surface area contributed by atoms with Gasteiger partial charge in [0.1, 0.15) is 22.7 Å². The van der Waals surface area contributed by atoms with E-state index in [1.807, 2.05) is 31.3 Å². The summed E-state index contributed by atoms with van der Waals surface area (Å²) in [5, 5.41) is 0.989. The summed E-state index contributed by atoms with van der Waals surface area (Å²) in [5.41, 5.74) is 11.2. The lowest BCUT2D eigenvalue weighted by molar-refractivity contribution is 0.0696. The third kappa shape index (κ3) is 4.12. The summed E-state index contributed by atoms with van der Waals surface area (Å²) < 4.78 is 24.4. The number of aryl methyl sites for hydroxylation is 1. The van der Waals surface area contributed by atoms with Gasteiger partial charge in [-0.3, -0.25) is 4.79 Å². The highest BCUT2D eigenvalue weighted by Gasteiger charge is 2.46. The lowest BCUT2D eigenvalue weighted by Crippen LogP contribution is -2.38. The fourth-order valence-electron chi connectivity index (χ4n) is 7.43. The summed E-state index contributed by atoms with van der Waals surface area (Å²) in [5.74, 6) is 2.76. The first-order chi connectivity index (χ1) is 20.8. The molecule has 2 aliphatic carbocycles. The van der Waals surface area contributed by atoms with Crippen LogP contribution in [0.3, 0.4) is 0 Å². The molecule has 220 valence electrons. The molecular formula is C34H35FN6O2. The third-order valence-electron chi connectivity index (χ3n) is 10.1. The fraction of sp³-hybridized carbons (Fsp3) is 0.382. The van der Waals surface area contributed by atoms with Gasteiger partial charge in [-0.2, -0.15) is 0 Å². The predicted octanol–water partition coefficient (Wildman–Crippen LogP) is 6.27. The number of nitrogen functional groups attached to an aromatic ring is 1. The Morgan fingerprint density at radius 1 is 1.07 bits per heavy atom. The van der Waals surface area contributed by atoms with Crippen molar-refractivity contribution in [2.45, 2.75) is 45.2 Å². The minimum absolute atomic E-state index is 0.0603. The molecule has 0 spiro atoms. The van der Waals surface area contributed by atoms with Gasteiger partial charge < -0.3 is 24.5 Å². The highest BCUT2D eigenvalue weighted by Crippen LogP contribution is 2.44. The zero-order chi connectivity index (χ0) is 29.6. The number of pyridine rings is 1. The molecule has 8 rings (SSSR count). The Morgan fingerprint density at radius 2 is 1.91 bits per heavy atom. The molecule has 9 heteroatoms. The summed E-state index contributed by atoms with van der Waals surface area (Å²) in [6, 6.07) is 15.0. The Balaban J connectivity index is 1.24. The van der Waals surface area contributed by atoms with Crippen molar-refractivity contribution in [2.24, 2.45) is 24.8 Å². The minimum atomic E-state index is -0.452. The van der Waals surface area contributed by atoms with E-state index >= 15 is 0 Å². The summed E-state index contributed by atoms with van der Waals surface area (Å²) in [6.07, 6.45) is 4.66. The number of anilines is 1. The Bertz CT molecular complexity index is 1940. The van der Waals surface area contributed by atoms with Crippen molar-refractivity contribution in [3.8, 4) is 28.5 Å². The van der Waals surface area contributed by atoms with Crippen LogP contribution in [-0.4, -0.2) is 49.6 Å². The SMILES string of the molecule is COc1cc(C(=O)N2CC3CCC2[C@@H]3C)cc2nc(-c3cc4ccc(-c5ccc(N)c(F)c5)nc4n3CC3CC3)n(C)c12. The van der Waals surface area contributed by atoms with Crippen molar-refractivity contribution in [3.63, 3.8) is 0 Å². The minimum Gasteiger partial charge on any atom is -0.494 e. The number of fused-ring (bicyclic) bond motifs is 4.